The molecule has 0 fully saturated rings. The van der Waals surface area contributed by atoms with E-state index in [0.29, 0.717) is 6.42 Å². The molecule has 4 nitrogen and oxygen atoms in total. The van der Waals surface area contributed by atoms with Crippen molar-refractivity contribution in [2.75, 3.05) is 0 Å². The van der Waals surface area contributed by atoms with E-state index in [1.807, 2.05) is 0 Å². The minimum Gasteiger partial charge on any atom is -0.425 e. The third-order valence-electron chi connectivity index (χ3n) is 5.54. The summed E-state index contributed by atoms with van der Waals surface area (Å²) in [5.41, 5.74) is 0. The van der Waals surface area contributed by atoms with Crippen LogP contribution in [0.5, 0.6) is 0 Å². The molecule has 0 spiro atoms. The van der Waals surface area contributed by atoms with Crippen LogP contribution in [0.15, 0.2) is 0 Å². The number of carbonyl (C=O) groups excluding carboxylic acids is 2. The molecule has 0 N–H and O–H groups in total. The second-order valence-electron chi connectivity index (χ2n) is 9.06. The van der Waals surface area contributed by atoms with E-state index < -0.39 is 6.29 Å². The molecule has 0 heterocycles. The number of rotatable bonds is 21. The Kier molecular flexibility index (Phi) is 20.4. The molecule has 30 heavy (non-hydrogen) atoms. The van der Waals surface area contributed by atoms with Gasteiger partial charge < -0.3 is 9.47 Å². The van der Waals surface area contributed by atoms with Gasteiger partial charge in [0.25, 0.3) is 0 Å². The average Bonchev–Trinajstić information content (AvgIpc) is 2.70. The maximum Gasteiger partial charge on any atom is 0.311 e. The van der Waals surface area contributed by atoms with Crippen molar-refractivity contribution in [1.82, 2.24) is 0 Å². The standard InChI is InChI=1S/C26H50O4/c1-5-6-7-8-9-10-11-12-13-14-15-16-17-18-19-20-21-22-25(27)29-24(4)30-26(28)23(2)3/h23-24H,5-22H2,1-4H3. The summed E-state index contributed by atoms with van der Waals surface area (Å²) >= 11 is 0. The summed E-state index contributed by atoms with van der Waals surface area (Å²) in [6.07, 6.45) is 22.1. The lowest BCUT2D eigenvalue weighted by Gasteiger charge is -2.15. The first-order chi connectivity index (χ1) is 14.5. The van der Waals surface area contributed by atoms with E-state index >= 15 is 0 Å². The van der Waals surface area contributed by atoms with E-state index in [4.69, 9.17) is 9.47 Å². The van der Waals surface area contributed by atoms with Crippen LogP contribution in [0.25, 0.3) is 0 Å². The fraction of sp³-hybridized carbons (Fsp3) is 0.923. The Morgan fingerprint density at radius 1 is 0.567 bits per heavy atom. The van der Waals surface area contributed by atoms with Gasteiger partial charge >= 0.3 is 11.9 Å². The Labute approximate surface area is 186 Å². The highest BCUT2D eigenvalue weighted by atomic mass is 16.7. The van der Waals surface area contributed by atoms with E-state index in [-0.39, 0.29) is 17.9 Å². The van der Waals surface area contributed by atoms with Crippen LogP contribution < -0.4 is 0 Å². The van der Waals surface area contributed by atoms with Crippen molar-refractivity contribution < 1.29 is 19.1 Å². The van der Waals surface area contributed by atoms with Crippen LogP contribution in [0, 0.1) is 5.92 Å². The summed E-state index contributed by atoms with van der Waals surface area (Å²) in [5.74, 6) is -0.829. The summed E-state index contributed by atoms with van der Waals surface area (Å²) in [6, 6.07) is 0. The zero-order valence-electron chi connectivity index (χ0n) is 20.5. The van der Waals surface area contributed by atoms with Crippen molar-refractivity contribution in [2.45, 2.75) is 150 Å². The Balaban J connectivity index is 3.29. The fourth-order valence-electron chi connectivity index (χ4n) is 3.56. The quantitative estimate of drug-likeness (QED) is 0.106. The highest BCUT2D eigenvalue weighted by molar-refractivity contribution is 5.72. The first-order valence-electron chi connectivity index (χ1n) is 12.9. The largest absolute Gasteiger partial charge is 0.425 e. The van der Waals surface area contributed by atoms with Crippen LogP contribution >= 0.6 is 0 Å². The van der Waals surface area contributed by atoms with E-state index in [1.54, 1.807) is 20.8 Å². The Hall–Kier alpha value is -1.06. The van der Waals surface area contributed by atoms with E-state index in [2.05, 4.69) is 6.92 Å². The number of esters is 2. The Bertz CT molecular complexity index is 406. The van der Waals surface area contributed by atoms with Gasteiger partial charge in [-0.3, -0.25) is 9.59 Å². The first-order valence-corrected chi connectivity index (χ1v) is 12.9. The topological polar surface area (TPSA) is 52.6 Å². The van der Waals surface area contributed by atoms with Crippen LogP contribution in [-0.2, 0) is 19.1 Å². The Morgan fingerprint density at radius 2 is 0.933 bits per heavy atom. The average molecular weight is 427 g/mol. The van der Waals surface area contributed by atoms with Crippen molar-refractivity contribution in [3.63, 3.8) is 0 Å². The second-order valence-corrected chi connectivity index (χ2v) is 9.06. The van der Waals surface area contributed by atoms with Crippen molar-refractivity contribution in [3.05, 3.63) is 0 Å². The molecule has 0 aliphatic heterocycles. The van der Waals surface area contributed by atoms with E-state index in [9.17, 15) is 9.59 Å². The van der Waals surface area contributed by atoms with Gasteiger partial charge in [-0.15, -0.1) is 0 Å². The molecule has 0 rings (SSSR count). The zero-order valence-corrected chi connectivity index (χ0v) is 20.5. The third-order valence-corrected chi connectivity index (χ3v) is 5.54. The van der Waals surface area contributed by atoms with Crippen molar-refractivity contribution in [3.8, 4) is 0 Å². The summed E-state index contributed by atoms with van der Waals surface area (Å²) in [4.78, 5) is 23.2. The number of hydrogen-bond donors (Lipinski definition) is 0. The molecule has 178 valence electrons. The minimum absolute atomic E-state index is 0.212. The normalized spacial score (nSPS) is 12.2. The lowest BCUT2D eigenvalue weighted by atomic mass is 10.0. The predicted octanol–water partition coefficient (Wildman–Crippen LogP) is 8.12. The molecule has 0 aromatic carbocycles. The molecule has 0 aliphatic carbocycles. The number of carbonyl (C=O) groups is 2. The van der Waals surface area contributed by atoms with Gasteiger partial charge in [0.05, 0.1) is 5.92 Å². The van der Waals surface area contributed by atoms with E-state index in [1.165, 1.54) is 96.3 Å². The summed E-state index contributed by atoms with van der Waals surface area (Å²) in [6.45, 7) is 7.38. The minimum atomic E-state index is -0.793. The van der Waals surface area contributed by atoms with Gasteiger partial charge in [-0.2, -0.15) is 0 Å². The number of hydrogen-bond acceptors (Lipinski definition) is 4. The molecule has 0 amide bonds. The molecular formula is C26H50O4. The third kappa shape index (κ3) is 20.2. The molecule has 0 aromatic rings. The Morgan fingerprint density at radius 3 is 1.30 bits per heavy atom. The lowest BCUT2D eigenvalue weighted by Crippen LogP contribution is -2.24. The molecule has 1 atom stereocenters. The summed E-state index contributed by atoms with van der Waals surface area (Å²) in [7, 11) is 0. The maximum atomic E-state index is 11.8. The molecule has 4 heteroatoms. The van der Waals surface area contributed by atoms with Crippen LogP contribution in [-0.4, -0.2) is 18.2 Å². The molecule has 0 bridgehead atoms. The summed E-state index contributed by atoms with van der Waals surface area (Å²) in [5, 5.41) is 0. The number of ether oxygens (including phenoxy) is 2. The molecule has 1 unspecified atom stereocenters. The van der Waals surface area contributed by atoms with Crippen LogP contribution in [0.3, 0.4) is 0 Å². The molecular weight excluding hydrogens is 376 g/mol. The SMILES string of the molecule is CCCCCCCCCCCCCCCCCCCC(=O)OC(C)OC(=O)C(C)C. The zero-order chi connectivity index (χ0) is 22.5. The number of unbranched alkanes of at least 4 members (excludes halogenated alkanes) is 16. The van der Waals surface area contributed by atoms with Gasteiger partial charge in [0.2, 0.25) is 6.29 Å². The van der Waals surface area contributed by atoms with Crippen molar-refractivity contribution in [1.29, 1.82) is 0 Å². The van der Waals surface area contributed by atoms with Gasteiger partial charge in [-0.25, -0.2) is 0 Å². The van der Waals surface area contributed by atoms with Crippen LogP contribution in [0.1, 0.15) is 143 Å². The van der Waals surface area contributed by atoms with Crippen LogP contribution in [0.2, 0.25) is 0 Å². The monoisotopic (exact) mass is 426 g/mol. The van der Waals surface area contributed by atoms with E-state index in [0.717, 1.165) is 12.8 Å². The molecule has 0 radical (unpaired) electrons. The van der Waals surface area contributed by atoms with Gasteiger partial charge in [-0.1, -0.05) is 124 Å². The molecule has 0 saturated carbocycles. The van der Waals surface area contributed by atoms with Gasteiger partial charge in [0, 0.05) is 13.3 Å². The smallest absolute Gasteiger partial charge is 0.311 e. The highest BCUT2D eigenvalue weighted by Gasteiger charge is 2.16. The highest BCUT2D eigenvalue weighted by Crippen LogP contribution is 2.14. The van der Waals surface area contributed by atoms with Crippen molar-refractivity contribution in [2.24, 2.45) is 5.92 Å². The van der Waals surface area contributed by atoms with Gasteiger partial charge in [0.15, 0.2) is 0 Å². The molecule has 0 aromatic heterocycles. The summed E-state index contributed by atoms with van der Waals surface area (Å²) < 4.78 is 10.2. The second kappa shape index (κ2) is 21.2. The van der Waals surface area contributed by atoms with Gasteiger partial charge in [0.1, 0.15) is 0 Å². The van der Waals surface area contributed by atoms with Crippen LogP contribution in [0.4, 0.5) is 0 Å². The first kappa shape index (κ1) is 28.9. The molecule has 0 aliphatic rings. The predicted molar refractivity (Wildman–Crippen MR) is 125 cm³/mol. The van der Waals surface area contributed by atoms with Gasteiger partial charge in [-0.05, 0) is 6.42 Å². The maximum absolute atomic E-state index is 11.8. The lowest BCUT2D eigenvalue weighted by molar-refractivity contribution is -0.186. The fourth-order valence-corrected chi connectivity index (χ4v) is 3.56. The van der Waals surface area contributed by atoms with Crippen molar-refractivity contribution >= 4 is 11.9 Å². The molecule has 0 saturated heterocycles.